The molecule has 12 heteroatoms. The molecular weight excluding hydrogens is 519 g/mol. The number of nitrogens with zero attached hydrogens (tertiary/aromatic N) is 2. The van der Waals surface area contributed by atoms with Crippen molar-refractivity contribution in [3.8, 4) is 0 Å². The lowest BCUT2D eigenvalue weighted by Gasteiger charge is -2.35. The topological polar surface area (TPSA) is 80.0 Å². The number of aromatic nitrogens is 2. The van der Waals surface area contributed by atoms with E-state index in [9.17, 15) is 26.7 Å². The van der Waals surface area contributed by atoms with E-state index in [4.69, 9.17) is 16.1 Å². The van der Waals surface area contributed by atoms with Crippen LogP contribution < -0.4 is 10.6 Å². The third kappa shape index (κ3) is 6.05. The molecule has 0 aliphatic carbocycles. The Bertz CT molecular complexity index is 1430. The molecular formula is C25H18ClF5N4O2. The van der Waals surface area contributed by atoms with Crippen LogP contribution >= 0.6 is 11.6 Å². The van der Waals surface area contributed by atoms with E-state index in [1.54, 1.807) is 6.92 Å². The van der Waals surface area contributed by atoms with E-state index >= 15 is 0 Å². The standard InChI is InChI=1S/C25H18ClF5N4O2/c1-14-7-21(37-35-14)12-24(22-6-5-17(26)13-32-22,15-8-16(25(29,30)31)10-19(28)9-15)34-23(36)33-20-4-2-3-18(27)11-20/h2-11,13H,12H2,1H3,(H2,33,34,36)/t24-/m0/s1. The summed E-state index contributed by atoms with van der Waals surface area (Å²) in [6, 6.07) is 10.3. The Kier molecular flexibility index (Phi) is 7.17. The van der Waals surface area contributed by atoms with Gasteiger partial charge in [-0.15, -0.1) is 0 Å². The minimum absolute atomic E-state index is 0.0269. The second kappa shape index (κ2) is 10.2. The quantitative estimate of drug-likeness (QED) is 0.271. The number of pyridine rings is 1. The number of alkyl halides is 3. The largest absolute Gasteiger partial charge is 0.416 e. The van der Waals surface area contributed by atoms with Gasteiger partial charge in [0, 0.05) is 24.4 Å². The van der Waals surface area contributed by atoms with Crippen LogP contribution in [0.25, 0.3) is 0 Å². The average molecular weight is 537 g/mol. The maximum atomic E-state index is 14.6. The predicted octanol–water partition coefficient (Wildman–Crippen LogP) is 6.64. The Balaban J connectivity index is 1.90. The van der Waals surface area contributed by atoms with Crippen molar-refractivity contribution in [2.75, 3.05) is 5.32 Å². The molecule has 0 fully saturated rings. The molecule has 0 spiro atoms. The van der Waals surface area contributed by atoms with Crippen LogP contribution in [0.15, 0.2) is 71.4 Å². The van der Waals surface area contributed by atoms with E-state index in [2.05, 4.69) is 20.8 Å². The summed E-state index contributed by atoms with van der Waals surface area (Å²) < 4.78 is 74.5. The number of amides is 2. The third-order valence-electron chi connectivity index (χ3n) is 5.41. The fourth-order valence-corrected chi connectivity index (χ4v) is 3.94. The molecule has 0 saturated carbocycles. The van der Waals surface area contributed by atoms with Crippen molar-refractivity contribution < 1.29 is 31.3 Å². The Morgan fingerprint density at radius 2 is 1.76 bits per heavy atom. The van der Waals surface area contributed by atoms with Crippen LogP contribution in [0.1, 0.15) is 28.3 Å². The number of hydrogen-bond acceptors (Lipinski definition) is 4. The highest BCUT2D eigenvalue weighted by Crippen LogP contribution is 2.38. The molecule has 192 valence electrons. The fourth-order valence-electron chi connectivity index (χ4n) is 3.83. The number of nitrogens with one attached hydrogen (secondary N) is 2. The molecule has 0 unspecified atom stereocenters. The molecule has 0 saturated heterocycles. The number of benzene rings is 2. The summed E-state index contributed by atoms with van der Waals surface area (Å²) in [6.45, 7) is 1.63. The average Bonchev–Trinajstić information content (AvgIpc) is 3.22. The van der Waals surface area contributed by atoms with Gasteiger partial charge in [0.1, 0.15) is 22.9 Å². The summed E-state index contributed by atoms with van der Waals surface area (Å²) >= 11 is 5.97. The summed E-state index contributed by atoms with van der Waals surface area (Å²) in [5, 5.41) is 9.06. The van der Waals surface area contributed by atoms with Gasteiger partial charge in [0.25, 0.3) is 0 Å². The van der Waals surface area contributed by atoms with Gasteiger partial charge in [-0.05, 0) is 61.0 Å². The first-order chi connectivity index (χ1) is 17.4. The second-order valence-electron chi connectivity index (χ2n) is 8.19. The Morgan fingerprint density at radius 1 is 1.00 bits per heavy atom. The molecule has 2 heterocycles. The lowest BCUT2D eigenvalue weighted by molar-refractivity contribution is -0.137. The van der Waals surface area contributed by atoms with Gasteiger partial charge in [0.2, 0.25) is 0 Å². The van der Waals surface area contributed by atoms with Crippen molar-refractivity contribution in [2.45, 2.75) is 25.1 Å². The fraction of sp³-hybridized carbons (Fsp3) is 0.160. The summed E-state index contributed by atoms with van der Waals surface area (Å²) in [5.74, 6) is -1.65. The van der Waals surface area contributed by atoms with Crippen LogP contribution in [-0.4, -0.2) is 16.2 Å². The van der Waals surface area contributed by atoms with Gasteiger partial charge in [0.05, 0.1) is 22.0 Å². The van der Waals surface area contributed by atoms with Crippen molar-refractivity contribution in [1.29, 1.82) is 0 Å². The smallest absolute Gasteiger partial charge is 0.361 e. The lowest BCUT2D eigenvalue weighted by atomic mass is 9.81. The van der Waals surface area contributed by atoms with E-state index in [-0.39, 0.29) is 34.1 Å². The summed E-state index contributed by atoms with van der Waals surface area (Å²) in [4.78, 5) is 17.4. The highest BCUT2D eigenvalue weighted by Gasteiger charge is 2.42. The zero-order chi connectivity index (χ0) is 26.8. The zero-order valence-electron chi connectivity index (χ0n) is 19.0. The number of hydrogen-bond donors (Lipinski definition) is 2. The minimum Gasteiger partial charge on any atom is -0.361 e. The summed E-state index contributed by atoms with van der Waals surface area (Å²) in [7, 11) is 0. The number of urea groups is 1. The first kappa shape index (κ1) is 26.1. The van der Waals surface area contributed by atoms with Gasteiger partial charge in [0.15, 0.2) is 0 Å². The Labute approximate surface area is 212 Å². The minimum atomic E-state index is -4.89. The lowest BCUT2D eigenvalue weighted by Crippen LogP contribution is -2.50. The maximum absolute atomic E-state index is 14.6. The van der Waals surface area contributed by atoms with Gasteiger partial charge >= 0.3 is 12.2 Å². The van der Waals surface area contributed by atoms with Crippen LogP contribution in [0.3, 0.4) is 0 Å². The van der Waals surface area contributed by atoms with Gasteiger partial charge in [-0.1, -0.05) is 22.8 Å². The first-order valence-electron chi connectivity index (χ1n) is 10.7. The van der Waals surface area contributed by atoms with Crippen molar-refractivity contribution in [3.05, 3.63) is 112 Å². The van der Waals surface area contributed by atoms with Crippen molar-refractivity contribution in [2.24, 2.45) is 0 Å². The monoisotopic (exact) mass is 536 g/mol. The highest BCUT2D eigenvalue weighted by atomic mass is 35.5. The van der Waals surface area contributed by atoms with Crippen molar-refractivity contribution in [1.82, 2.24) is 15.5 Å². The SMILES string of the molecule is Cc1cc(C[C@](NC(=O)Nc2cccc(F)c2)(c2cc(F)cc(C(F)(F)F)c2)c2ccc(Cl)cn2)on1. The molecule has 2 N–H and O–H groups in total. The molecule has 4 rings (SSSR count). The van der Waals surface area contributed by atoms with E-state index in [1.165, 1.54) is 42.6 Å². The van der Waals surface area contributed by atoms with E-state index in [0.29, 0.717) is 17.8 Å². The molecule has 2 aromatic carbocycles. The number of aryl methyl sites for hydroxylation is 1. The molecule has 0 aliphatic heterocycles. The van der Waals surface area contributed by atoms with Crippen LogP contribution in [0.2, 0.25) is 5.02 Å². The van der Waals surface area contributed by atoms with Crippen LogP contribution in [-0.2, 0) is 18.1 Å². The van der Waals surface area contributed by atoms with Crippen molar-refractivity contribution >= 4 is 23.3 Å². The number of halogens is 6. The van der Waals surface area contributed by atoms with Crippen LogP contribution in [0.5, 0.6) is 0 Å². The van der Waals surface area contributed by atoms with E-state index in [0.717, 1.165) is 12.1 Å². The number of rotatable bonds is 6. The number of carbonyl (C=O) groups excluding carboxylic acids is 1. The second-order valence-corrected chi connectivity index (χ2v) is 8.63. The molecule has 0 aliphatic rings. The number of carbonyl (C=O) groups is 1. The van der Waals surface area contributed by atoms with Crippen LogP contribution in [0.4, 0.5) is 32.4 Å². The van der Waals surface area contributed by atoms with Gasteiger partial charge in [-0.3, -0.25) is 4.98 Å². The van der Waals surface area contributed by atoms with Crippen LogP contribution in [0, 0.1) is 18.6 Å². The Hall–Kier alpha value is -3.99. The molecule has 2 aromatic heterocycles. The zero-order valence-corrected chi connectivity index (χ0v) is 19.8. The summed E-state index contributed by atoms with van der Waals surface area (Å²) in [6.07, 6.45) is -3.96. The van der Waals surface area contributed by atoms with Gasteiger partial charge < -0.3 is 15.2 Å². The molecule has 0 radical (unpaired) electrons. The molecule has 0 bridgehead atoms. The highest BCUT2D eigenvalue weighted by molar-refractivity contribution is 6.30. The van der Waals surface area contributed by atoms with E-state index < -0.39 is 34.9 Å². The van der Waals surface area contributed by atoms with E-state index in [1.807, 2.05) is 0 Å². The molecule has 37 heavy (non-hydrogen) atoms. The Morgan fingerprint density at radius 3 is 2.38 bits per heavy atom. The summed E-state index contributed by atoms with van der Waals surface area (Å²) in [5.41, 5.74) is -2.90. The van der Waals surface area contributed by atoms with Gasteiger partial charge in [-0.2, -0.15) is 13.2 Å². The molecule has 2 amide bonds. The third-order valence-corrected chi connectivity index (χ3v) is 5.63. The molecule has 6 nitrogen and oxygen atoms in total. The maximum Gasteiger partial charge on any atom is 0.416 e. The molecule has 4 aromatic rings. The number of anilines is 1. The van der Waals surface area contributed by atoms with Crippen molar-refractivity contribution in [3.63, 3.8) is 0 Å². The molecule has 1 atom stereocenters. The predicted molar refractivity (Wildman–Crippen MR) is 125 cm³/mol. The first-order valence-corrected chi connectivity index (χ1v) is 11.1. The van der Waals surface area contributed by atoms with Gasteiger partial charge in [-0.25, -0.2) is 13.6 Å². The normalized spacial score (nSPS) is 13.2.